The lowest BCUT2D eigenvalue weighted by atomic mass is 10.1. The molecule has 0 unspecified atom stereocenters. The Labute approximate surface area is 88.5 Å². The number of aromatic nitrogens is 1. The van der Waals surface area contributed by atoms with Crippen LogP contribution in [0.1, 0.15) is 25.0 Å². The average Bonchev–Trinajstić information content (AvgIpc) is 2.96. The summed E-state index contributed by atoms with van der Waals surface area (Å²) < 4.78 is 18.3. The van der Waals surface area contributed by atoms with E-state index in [0.29, 0.717) is 18.0 Å². The molecule has 1 aromatic heterocycles. The molecule has 2 N–H and O–H groups in total. The molecule has 0 radical (unpaired) electrons. The molecule has 1 aromatic rings. The Hall–Kier alpha value is -1.16. The zero-order chi connectivity index (χ0) is 10.9. The van der Waals surface area contributed by atoms with Gasteiger partial charge in [0.15, 0.2) is 0 Å². The quantitative estimate of drug-likeness (QED) is 0.822. The Morgan fingerprint density at radius 1 is 1.53 bits per heavy atom. The highest BCUT2D eigenvalue weighted by molar-refractivity contribution is 5.18. The number of hydrogen-bond acceptors (Lipinski definition) is 3. The second-order valence-electron chi connectivity index (χ2n) is 4.14. The van der Waals surface area contributed by atoms with E-state index in [1.54, 1.807) is 0 Å². The summed E-state index contributed by atoms with van der Waals surface area (Å²) in [6.45, 7) is 0. The summed E-state index contributed by atoms with van der Waals surface area (Å²) in [7, 11) is 1.52. The standard InChI is InChI=1S/C11H15FN2O/c1-15-10-3-2-8(12)9(14-10)4-5-11(13)6-7-11/h2-3H,4-7,13H2,1H3. The minimum Gasteiger partial charge on any atom is -0.481 e. The maximum atomic E-state index is 13.3. The van der Waals surface area contributed by atoms with Gasteiger partial charge in [-0.05, 0) is 31.7 Å². The van der Waals surface area contributed by atoms with Crippen LogP contribution in [0.5, 0.6) is 5.88 Å². The first-order valence-corrected chi connectivity index (χ1v) is 5.11. The van der Waals surface area contributed by atoms with Gasteiger partial charge in [0.1, 0.15) is 5.82 Å². The van der Waals surface area contributed by atoms with Crippen LogP contribution in [0.4, 0.5) is 4.39 Å². The molecule has 4 heteroatoms. The van der Waals surface area contributed by atoms with E-state index in [4.69, 9.17) is 10.5 Å². The van der Waals surface area contributed by atoms with Gasteiger partial charge in [0, 0.05) is 11.6 Å². The van der Waals surface area contributed by atoms with Gasteiger partial charge >= 0.3 is 0 Å². The van der Waals surface area contributed by atoms with Gasteiger partial charge < -0.3 is 10.5 Å². The van der Waals surface area contributed by atoms with Crippen LogP contribution in [-0.2, 0) is 6.42 Å². The fourth-order valence-corrected chi connectivity index (χ4v) is 1.53. The molecule has 0 spiro atoms. The zero-order valence-electron chi connectivity index (χ0n) is 8.79. The molecular weight excluding hydrogens is 195 g/mol. The van der Waals surface area contributed by atoms with E-state index in [2.05, 4.69) is 4.98 Å². The lowest BCUT2D eigenvalue weighted by molar-refractivity contribution is 0.392. The first kappa shape index (κ1) is 10.4. The van der Waals surface area contributed by atoms with Crippen LogP contribution < -0.4 is 10.5 Å². The van der Waals surface area contributed by atoms with Gasteiger partial charge in [-0.2, -0.15) is 0 Å². The van der Waals surface area contributed by atoms with Crippen LogP contribution in [0, 0.1) is 5.82 Å². The molecule has 0 aromatic carbocycles. The van der Waals surface area contributed by atoms with Gasteiger partial charge in [-0.15, -0.1) is 0 Å². The Balaban J connectivity index is 2.05. The molecule has 1 aliphatic carbocycles. The van der Waals surface area contributed by atoms with Crippen molar-refractivity contribution in [2.45, 2.75) is 31.2 Å². The van der Waals surface area contributed by atoms with Gasteiger partial charge in [-0.25, -0.2) is 9.37 Å². The van der Waals surface area contributed by atoms with Gasteiger partial charge in [0.2, 0.25) is 5.88 Å². The van der Waals surface area contributed by atoms with Crippen molar-refractivity contribution < 1.29 is 9.13 Å². The lowest BCUT2D eigenvalue weighted by Crippen LogP contribution is -2.22. The van der Waals surface area contributed by atoms with E-state index in [1.165, 1.54) is 19.2 Å². The van der Waals surface area contributed by atoms with Crippen LogP contribution in [0.3, 0.4) is 0 Å². The van der Waals surface area contributed by atoms with Gasteiger partial charge in [0.05, 0.1) is 12.8 Å². The Morgan fingerprint density at radius 2 is 2.27 bits per heavy atom. The van der Waals surface area contributed by atoms with Crippen molar-refractivity contribution in [2.75, 3.05) is 7.11 Å². The third-order valence-electron chi connectivity index (χ3n) is 2.85. The van der Waals surface area contributed by atoms with Crippen LogP contribution in [0.15, 0.2) is 12.1 Å². The topological polar surface area (TPSA) is 48.1 Å². The summed E-state index contributed by atoms with van der Waals surface area (Å²) in [5.41, 5.74) is 6.33. The van der Waals surface area contributed by atoms with Crippen LogP contribution in [-0.4, -0.2) is 17.6 Å². The summed E-state index contributed by atoms with van der Waals surface area (Å²) >= 11 is 0. The molecule has 0 atom stereocenters. The van der Waals surface area contributed by atoms with Crippen LogP contribution in [0.25, 0.3) is 0 Å². The highest BCUT2D eigenvalue weighted by Crippen LogP contribution is 2.36. The number of halogens is 1. The average molecular weight is 210 g/mol. The first-order chi connectivity index (χ1) is 7.13. The fraction of sp³-hybridized carbons (Fsp3) is 0.545. The molecule has 0 amide bonds. The van der Waals surface area contributed by atoms with Gasteiger partial charge in [-0.1, -0.05) is 0 Å². The summed E-state index contributed by atoms with van der Waals surface area (Å²) in [6.07, 6.45) is 3.46. The molecule has 82 valence electrons. The number of hydrogen-bond donors (Lipinski definition) is 1. The van der Waals surface area contributed by atoms with Crippen molar-refractivity contribution in [2.24, 2.45) is 5.73 Å². The number of methoxy groups -OCH3 is 1. The number of nitrogens with two attached hydrogens (primary N) is 1. The molecule has 0 saturated heterocycles. The number of rotatable bonds is 4. The van der Waals surface area contributed by atoms with Crippen molar-refractivity contribution in [3.8, 4) is 5.88 Å². The second kappa shape index (κ2) is 3.77. The van der Waals surface area contributed by atoms with E-state index in [-0.39, 0.29) is 11.4 Å². The summed E-state index contributed by atoms with van der Waals surface area (Å²) in [5, 5.41) is 0. The lowest BCUT2D eigenvalue weighted by Gasteiger charge is -2.09. The monoisotopic (exact) mass is 210 g/mol. The molecule has 2 rings (SSSR count). The third kappa shape index (κ3) is 2.45. The van der Waals surface area contributed by atoms with E-state index >= 15 is 0 Å². The first-order valence-electron chi connectivity index (χ1n) is 5.11. The smallest absolute Gasteiger partial charge is 0.213 e. The predicted molar refractivity (Wildman–Crippen MR) is 55.2 cm³/mol. The number of nitrogens with zero attached hydrogens (tertiary/aromatic N) is 1. The van der Waals surface area contributed by atoms with Gasteiger partial charge in [0.25, 0.3) is 0 Å². The molecular formula is C11H15FN2O. The highest BCUT2D eigenvalue weighted by Gasteiger charge is 2.37. The van der Waals surface area contributed by atoms with Crippen molar-refractivity contribution in [3.63, 3.8) is 0 Å². The SMILES string of the molecule is COc1ccc(F)c(CCC2(N)CC2)n1. The maximum Gasteiger partial charge on any atom is 0.213 e. The molecule has 0 aliphatic heterocycles. The Kier molecular flexibility index (Phi) is 2.61. The van der Waals surface area contributed by atoms with E-state index in [1.807, 2.05) is 0 Å². The molecule has 1 heterocycles. The van der Waals surface area contributed by atoms with E-state index in [9.17, 15) is 4.39 Å². The largest absolute Gasteiger partial charge is 0.481 e. The van der Waals surface area contributed by atoms with Crippen molar-refractivity contribution in [1.82, 2.24) is 4.98 Å². The van der Waals surface area contributed by atoms with Gasteiger partial charge in [-0.3, -0.25) is 0 Å². The van der Waals surface area contributed by atoms with Crippen molar-refractivity contribution in [3.05, 3.63) is 23.6 Å². The summed E-state index contributed by atoms with van der Waals surface area (Å²) in [6, 6.07) is 2.91. The number of ether oxygens (including phenoxy) is 1. The molecule has 0 bridgehead atoms. The van der Waals surface area contributed by atoms with Crippen molar-refractivity contribution >= 4 is 0 Å². The fourth-order valence-electron chi connectivity index (χ4n) is 1.53. The number of aryl methyl sites for hydroxylation is 1. The number of pyridine rings is 1. The predicted octanol–water partition coefficient (Wildman–Crippen LogP) is 1.65. The summed E-state index contributed by atoms with van der Waals surface area (Å²) in [5.74, 6) is 0.174. The van der Waals surface area contributed by atoms with E-state index < -0.39 is 0 Å². The Bertz CT molecular complexity index is 364. The summed E-state index contributed by atoms with van der Waals surface area (Å²) in [4.78, 5) is 4.07. The molecule has 15 heavy (non-hydrogen) atoms. The van der Waals surface area contributed by atoms with Crippen molar-refractivity contribution in [1.29, 1.82) is 0 Å². The van der Waals surface area contributed by atoms with E-state index in [0.717, 1.165) is 19.3 Å². The van der Waals surface area contributed by atoms with Crippen LogP contribution >= 0.6 is 0 Å². The molecule has 3 nitrogen and oxygen atoms in total. The third-order valence-corrected chi connectivity index (χ3v) is 2.85. The second-order valence-corrected chi connectivity index (χ2v) is 4.14. The maximum absolute atomic E-state index is 13.3. The Morgan fingerprint density at radius 3 is 2.87 bits per heavy atom. The zero-order valence-corrected chi connectivity index (χ0v) is 8.79. The minimum atomic E-state index is -0.278. The van der Waals surface area contributed by atoms with Crippen LogP contribution in [0.2, 0.25) is 0 Å². The molecule has 1 aliphatic rings. The highest BCUT2D eigenvalue weighted by atomic mass is 19.1. The molecule has 1 saturated carbocycles. The minimum absolute atomic E-state index is 0.0583. The molecule has 1 fully saturated rings. The normalized spacial score (nSPS) is 17.5.